The summed E-state index contributed by atoms with van der Waals surface area (Å²) in [4.78, 5) is 0. The fraction of sp³-hybridized carbons (Fsp3) is 0.571. The summed E-state index contributed by atoms with van der Waals surface area (Å²) in [6, 6.07) is 3.54. The number of halogens is 1. The molecule has 1 atom stereocenters. The summed E-state index contributed by atoms with van der Waals surface area (Å²) in [6.45, 7) is 3.50. The summed E-state index contributed by atoms with van der Waals surface area (Å²) in [5.74, 6) is 0.514. The maximum absolute atomic E-state index is 13.4. The lowest BCUT2D eigenvalue weighted by Crippen LogP contribution is -2.15. The molecule has 1 aliphatic carbocycles. The van der Waals surface area contributed by atoms with Gasteiger partial charge in [0.1, 0.15) is 5.82 Å². The van der Waals surface area contributed by atoms with E-state index in [2.05, 4.69) is 0 Å². The second-order valence-corrected chi connectivity index (χ2v) is 5.02. The smallest absolute Gasteiger partial charge is 0.129 e. The van der Waals surface area contributed by atoms with Crippen molar-refractivity contribution in [1.29, 1.82) is 0 Å². The van der Waals surface area contributed by atoms with Crippen LogP contribution in [-0.2, 0) is 0 Å². The summed E-state index contributed by atoms with van der Waals surface area (Å²) < 4.78 is 13.4. The van der Waals surface area contributed by atoms with Crippen LogP contribution in [0.3, 0.4) is 0 Å². The van der Waals surface area contributed by atoms with Gasteiger partial charge >= 0.3 is 0 Å². The monoisotopic (exact) mass is 222 g/mol. The van der Waals surface area contributed by atoms with Gasteiger partial charge in [-0.25, -0.2) is 4.39 Å². The van der Waals surface area contributed by atoms with Crippen molar-refractivity contribution in [3.63, 3.8) is 0 Å². The van der Waals surface area contributed by atoms with Gasteiger partial charge in [-0.1, -0.05) is 31.4 Å². The Balaban J connectivity index is 2.12. The average Bonchev–Trinajstić information content (AvgIpc) is 2.19. The molecule has 0 heterocycles. The first-order chi connectivity index (χ1) is 7.58. The molecule has 16 heavy (non-hydrogen) atoms. The molecule has 0 amide bonds. The minimum atomic E-state index is -0.428. The van der Waals surface area contributed by atoms with E-state index in [1.807, 2.05) is 0 Å². The van der Waals surface area contributed by atoms with Crippen LogP contribution in [0.5, 0.6) is 0 Å². The predicted molar refractivity (Wildman–Crippen MR) is 62.8 cm³/mol. The van der Waals surface area contributed by atoms with Gasteiger partial charge in [0.05, 0.1) is 6.10 Å². The third kappa shape index (κ3) is 2.27. The van der Waals surface area contributed by atoms with Crippen molar-refractivity contribution >= 4 is 0 Å². The second kappa shape index (κ2) is 4.54. The highest BCUT2D eigenvalue weighted by molar-refractivity contribution is 5.31. The van der Waals surface area contributed by atoms with Crippen LogP contribution in [0.15, 0.2) is 12.1 Å². The van der Waals surface area contributed by atoms with Crippen molar-refractivity contribution in [1.82, 2.24) is 0 Å². The molecule has 0 aliphatic heterocycles. The van der Waals surface area contributed by atoms with E-state index in [4.69, 9.17) is 0 Å². The molecule has 1 fully saturated rings. The minimum Gasteiger partial charge on any atom is -0.388 e. The van der Waals surface area contributed by atoms with E-state index >= 15 is 0 Å². The van der Waals surface area contributed by atoms with Crippen LogP contribution in [0.1, 0.15) is 48.5 Å². The number of aliphatic hydroxyl groups excluding tert-OH is 1. The van der Waals surface area contributed by atoms with Gasteiger partial charge in [-0.05, 0) is 42.9 Å². The number of hydrogen-bond donors (Lipinski definition) is 1. The van der Waals surface area contributed by atoms with Crippen LogP contribution in [0.25, 0.3) is 0 Å². The number of rotatable bonds is 3. The highest BCUT2D eigenvalue weighted by atomic mass is 19.1. The van der Waals surface area contributed by atoms with Crippen LogP contribution in [0, 0.1) is 25.6 Å². The van der Waals surface area contributed by atoms with Crippen LogP contribution in [0.2, 0.25) is 0 Å². The van der Waals surface area contributed by atoms with Crippen LogP contribution < -0.4 is 0 Å². The van der Waals surface area contributed by atoms with Crippen molar-refractivity contribution in [3.8, 4) is 0 Å². The Morgan fingerprint density at radius 1 is 1.31 bits per heavy atom. The van der Waals surface area contributed by atoms with Crippen molar-refractivity contribution in [2.24, 2.45) is 5.92 Å². The SMILES string of the molecule is Cc1cc(C(O)CC2CCC2)cc(C)c1F. The molecule has 88 valence electrons. The molecule has 1 aromatic rings. The number of benzene rings is 1. The van der Waals surface area contributed by atoms with Gasteiger partial charge in [-0.2, -0.15) is 0 Å². The molecule has 2 rings (SSSR count). The molecule has 1 saturated carbocycles. The fourth-order valence-electron chi connectivity index (χ4n) is 2.35. The third-order valence-electron chi connectivity index (χ3n) is 3.62. The Morgan fingerprint density at radius 2 is 1.88 bits per heavy atom. The standard InChI is InChI=1S/C14H19FO/c1-9-6-12(7-10(2)14(9)15)13(16)8-11-4-3-5-11/h6-7,11,13,16H,3-5,8H2,1-2H3. The Kier molecular flexibility index (Phi) is 3.29. The zero-order valence-electron chi connectivity index (χ0n) is 9.96. The number of hydrogen-bond acceptors (Lipinski definition) is 1. The quantitative estimate of drug-likeness (QED) is 0.827. The summed E-state index contributed by atoms with van der Waals surface area (Å²) in [6.07, 6.45) is 4.15. The van der Waals surface area contributed by atoms with Gasteiger partial charge in [0.15, 0.2) is 0 Å². The molecule has 0 saturated heterocycles. The van der Waals surface area contributed by atoms with Gasteiger partial charge in [-0.3, -0.25) is 0 Å². The molecule has 0 radical (unpaired) electrons. The van der Waals surface area contributed by atoms with Crippen LogP contribution in [0.4, 0.5) is 4.39 Å². The number of aryl methyl sites for hydroxylation is 2. The van der Waals surface area contributed by atoms with Crippen LogP contribution >= 0.6 is 0 Å². The van der Waals surface area contributed by atoms with Crippen molar-refractivity contribution < 1.29 is 9.50 Å². The molecule has 2 heteroatoms. The molecule has 0 bridgehead atoms. The Bertz CT molecular complexity index is 359. The molecule has 1 aliphatic rings. The van der Waals surface area contributed by atoms with E-state index in [0.29, 0.717) is 17.0 Å². The molecular weight excluding hydrogens is 203 g/mol. The fourth-order valence-corrected chi connectivity index (χ4v) is 2.35. The first-order valence-electron chi connectivity index (χ1n) is 6.02. The maximum atomic E-state index is 13.4. The van der Waals surface area contributed by atoms with E-state index in [-0.39, 0.29) is 5.82 Å². The Hall–Kier alpha value is -0.890. The zero-order valence-corrected chi connectivity index (χ0v) is 9.96. The van der Waals surface area contributed by atoms with Gasteiger partial charge in [0, 0.05) is 0 Å². The van der Waals surface area contributed by atoms with Crippen LogP contribution in [-0.4, -0.2) is 5.11 Å². The Morgan fingerprint density at radius 3 is 2.31 bits per heavy atom. The van der Waals surface area contributed by atoms with E-state index in [1.165, 1.54) is 19.3 Å². The average molecular weight is 222 g/mol. The van der Waals surface area contributed by atoms with E-state index in [9.17, 15) is 9.50 Å². The second-order valence-electron chi connectivity index (χ2n) is 5.02. The summed E-state index contributed by atoms with van der Waals surface area (Å²) in [5, 5.41) is 10.1. The third-order valence-corrected chi connectivity index (χ3v) is 3.62. The van der Waals surface area contributed by atoms with Crippen molar-refractivity contribution in [3.05, 3.63) is 34.6 Å². The first kappa shape index (κ1) is 11.6. The normalized spacial score (nSPS) is 18.2. The van der Waals surface area contributed by atoms with Gasteiger partial charge in [-0.15, -0.1) is 0 Å². The molecule has 1 aromatic carbocycles. The van der Waals surface area contributed by atoms with Crippen molar-refractivity contribution in [2.75, 3.05) is 0 Å². The largest absolute Gasteiger partial charge is 0.388 e. The molecule has 1 nitrogen and oxygen atoms in total. The molecule has 0 aromatic heterocycles. The highest BCUT2D eigenvalue weighted by Crippen LogP contribution is 2.35. The summed E-state index contributed by atoms with van der Waals surface area (Å²) in [7, 11) is 0. The van der Waals surface area contributed by atoms with E-state index < -0.39 is 6.10 Å². The minimum absolute atomic E-state index is 0.153. The maximum Gasteiger partial charge on any atom is 0.129 e. The lowest BCUT2D eigenvalue weighted by Gasteiger charge is -2.27. The highest BCUT2D eigenvalue weighted by Gasteiger charge is 2.22. The van der Waals surface area contributed by atoms with Gasteiger partial charge in [0.2, 0.25) is 0 Å². The first-order valence-corrected chi connectivity index (χ1v) is 6.02. The Labute approximate surface area is 96.3 Å². The summed E-state index contributed by atoms with van der Waals surface area (Å²) in [5.41, 5.74) is 2.12. The van der Waals surface area contributed by atoms with Gasteiger partial charge in [0.25, 0.3) is 0 Å². The van der Waals surface area contributed by atoms with Crippen molar-refractivity contribution in [2.45, 2.75) is 45.6 Å². The topological polar surface area (TPSA) is 20.2 Å². The zero-order chi connectivity index (χ0) is 11.7. The molecular formula is C14H19FO. The molecule has 1 N–H and O–H groups in total. The number of aliphatic hydroxyl groups is 1. The lowest BCUT2D eigenvalue weighted by atomic mass is 9.80. The lowest BCUT2D eigenvalue weighted by molar-refractivity contribution is 0.118. The predicted octanol–water partition coefficient (Wildman–Crippen LogP) is 3.67. The molecule has 1 unspecified atom stereocenters. The summed E-state index contributed by atoms with van der Waals surface area (Å²) >= 11 is 0. The van der Waals surface area contributed by atoms with Gasteiger partial charge < -0.3 is 5.11 Å². The van der Waals surface area contributed by atoms with E-state index in [0.717, 1.165) is 12.0 Å². The van der Waals surface area contributed by atoms with E-state index in [1.54, 1.807) is 26.0 Å². The molecule has 0 spiro atoms.